The second kappa shape index (κ2) is 7.16. The van der Waals surface area contributed by atoms with Gasteiger partial charge in [-0.05, 0) is 5.56 Å². The van der Waals surface area contributed by atoms with Crippen molar-refractivity contribution in [2.45, 2.75) is 5.92 Å². The molecule has 0 atom stereocenters. The van der Waals surface area contributed by atoms with Crippen LogP contribution in [-0.2, 0) is 19.1 Å². The lowest BCUT2D eigenvalue weighted by Gasteiger charge is -2.19. The van der Waals surface area contributed by atoms with Gasteiger partial charge in [-0.25, -0.2) is 9.59 Å². The van der Waals surface area contributed by atoms with Gasteiger partial charge in [0.25, 0.3) is 5.69 Å². The number of carbonyl (C=O) groups is 2. The fourth-order valence-corrected chi connectivity index (χ4v) is 1.93. The summed E-state index contributed by atoms with van der Waals surface area (Å²) in [7, 11) is 2.33. The van der Waals surface area contributed by atoms with Crippen LogP contribution in [0.15, 0.2) is 48.6 Å². The summed E-state index contributed by atoms with van der Waals surface area (Å²) in [6.07, 6.45) is 0. The average molecular weight is 305 g/mol. The van der Waals surface area contributed by atoms with Gasteiger partial charge in [-0.2, -0.15) is 0 Å². The van der Waals surface area contributed by atoms with Crippen molar-refractivity contribution in [2.24, 2.45) is 0 Å². The third-order valence-corrected chi connectivity index (χ3v) is 3.01. The van der Waals surface area contributed by atoms with Gasteiger partial charge in [0.05, 0.1) is 19.1 Å². The van der Waals surface area contributed by atoms with Gasteiger partial charge in [0, 0.05) is 29.2 Å². The number of nitrogens with zero attached hydrogens (tertiary/aromatic N) is 1. The number of nitro groups is 1. The Labute approximate surface area is 127 Å². The van der Waals surface area contributed by atoms with Gasteiger partial charge in [-0.3, -0.25) is 10.1 Å². The monoisotopic (exact) mass is 305 g/mol. The van der Waals surface area contributed by atoms with Crippen LogP contribution in [0, 0.1) is 10.1 Å². The van der Waals surface area contributed by atoms with Crippen molar-refractivity contribution in [1.82, 2.24) is 0 Å². The van der Waals surface area contributed by atoms with E-state index in [-0.39, 0.29) is 16.8 Å². The van der Waals surface area contributed by atoms with E-state index < -0.39 is 22.8 Å². The predicted molar refractivity (Wildman–Crippen MR) is 78.1 cm³/mol. The first-order valence-corrected chi connectivity index (χ1v) is 6.12. The van der Waals surface area contributed by atoms with E-state index in [9.17, 15) is 19.7 Å². The van der Waals surface area contributed by atoms with Crippen molar-refractivity contribution in [3.05, 3.63) is 64.2 Å². The fraction of sp³-hybridized carbons (Fsp3) is 0.200. The number of non-ortho nitro benzene ring substituents is 1. The number of hydrogen-bond acceptors (Lipinski definition) is 6. The van der Waals surface area contributed by atoms with Crippen LogP contribution in [0.3, 0.4) is 0 Å². The molecule has 0 N–H and O–H groups in total. The third kappa shape index (κ3) is 3.57. The molecule has 22 heavy (non-hydrogen) atoms. The minimum Gasteiger partial charge on any atom is -0.466 e. The van der Waals surface area contributed by atoms with E-state index in [2.05, 4.69) is 22.6 Å². The number of esters is 2. The first-order valence-electron chi connectivity index (χ1n) is 6.12. The van der Waals surface area contributed by atoms with Crippen molar-refractivity contribution in [2.75, 3.05) is 14.2 Å². The van der Waals surface area contributed by atoms with Crippen LogP contribution in [0.5, 0.6) is 0 Å². The summed E-state index contributed by atoms with van der Waals surface area (Å²) in [5, 5.41) is 10.9. The summed E-state index contributed by atoms with van der Waals surface area (Å²) in [5.74, 6) is -2.47. The smallest absolute Gasteiger partial charge is 0.334 e. The maximum absolute atomic E-state index is 11.7. The Hall–Kier alpha value is -2.96. The third-order valence-electron chi connectivity index (χ3n) is 3.01. The van der Waals surface area contributed by atoms with Crippen LogP contribution in [0.1, 0.15) is 11.5 Å². The van der Waals surface area contributed by atoms with Crippen LogP contribution in [0.4, 0.5) is 5.69 Å². The van der Waals surface area contributed by atoms with Crippen molar-refractivity contribution in [3.8, 4) is 0 Å². The number of ether oxygens (including phenoxy) is 2. The number of rotatable bonds is 6. The lowest BCUT2D eigenvalue weighted by molar-refractivity contribution is -0.384. The fourth-order valence-electron chi connectivity index (χ4n) is 1.93. The second-order valence-electron chi connectivity index (χ2n) is 4.32. The van der Waals surface area contributed by atoms with Crippen molar-refractivity contribution in [3.63, 3.8) is 0 Å². The molecule has 0 bridgehead atoms. The van der Waals surface area contributed by atoms with Gasteiger partial charge in [0.1, 0.15) is 0 Å². The normalized spacial score (nSPS) is 9.95. The average Bonchev–Trinajstić information content (AvgIpc) is 2.53. The van der Waals surface area contributed by atoms with Gasteiger partial charge in [-0.1, -0.05) is 25.3 Å². The van der Waals surface area contributed by atoms with Crippen LogP contribution in [0.25, 0.3) is 0 Å². The number of methoxy groups -OCH3 is 2. The van der Waals surface area contributed by atoms with E-state index in [0.717, 1.165) is 0 Å². The minimum atomic E-state index is -0.972. The maximum atomic E-state index is 11.7. The molecule has 0 saturated carbocycles. The zero-order valence-corrected chi connectivity index (χ0v) is 12.2. The predicted octanol–water partition coefficient (Wildman–Crippen LogP) is 2.14. The highest BCUT2D eigenvalue weighted by Crippen LogP contribution is 2.33. The lowest BCUT2D eigenvalue weighted by atomic mass is 9.85. The van der Waals surface area contributed by atoms with E-state index in [4.69, 9.17) is 0 Å². The molecule has 1 rings (SSSR count). The minimum absolute atomic E-state index is 0.0709. The van der Waals surface area contributed by atoms with Gasteiger partial charge < -0.3 is 9.47 Å². The summed E-state index contributed by atoms with van der Waals surface area (Å²) >= 11 is 0. The van der Waals surface area contributed by atoms with Crippen molar-refractivity contribution in [1.29, 1.82) is 0 Å². The summed E-state index contributed by atoms with van der Waals surface area (Å²) in [5.41, 5.74) is -0.00497. The summed E-state index contributed by atoms with van der Waals surface area (Å²) < 4.78 is 9.18. The van der Waals surface area contributed by atoms with Crippen molar-refractivity contribution < 1.29 is 24.0 Å². The number of hydrogen-bond donors (Lipinski definition) is 0. The Morgan fingerprint density at radius 2 is 1.64 bits per heavy atom. The molecule has 0 saturated heterocycles. The standard InChI is InChI=1S/C15H15NO6/c1-9(14(17)21-3)13(10(2)15(18)22-4)11-6-5-7-12(8-11)16(19)20/h5-8,13H,1-2H2,3-4H3. The van der Waals surface area contributed by atoms with Crippen molar-refractivity contribution >= 4 is 17.6 Å². The molecule has 0 radical (unpaired) electrons. The van der Waals surface area contributed by atoms with Crippen LogP contribution >= 0.6 is 0 Å². The molecule has 7 nitrogen and oxygen atoms in total. The molecule has 0 spiro atoms. The van der Waals surface area contributed by atoms with Crippen LogP contribution < -0.4 is 0 Å². The molecule has 0 unspecified atom stereocenters. The molecule has 0 aromatic heterocycles. The molecular formula is C15H15NO6. The number of carbonyl (C=O) groups excluding carboxylic acids is 2. The van der Waals surface area contributed by atoms with E-state index in [1.807, 2.05) is 0 Å². The van der Waals surface area contributed by atoms with Gasteiger partial charge >= 0.3 is 11.9 Å². The first kappa shape index (κ1) is 17.1. The largest absolute Gasteiger partial charge is 0.466 e. The Morgan fingerprint density at radius 1 is 1.14 bits per heavy atom. The Morgan fingerprint density at radius 3 is 2.05 bits per heavy atom. The Balaban J connectivity index is 3.37. The highest BCUT2D eigenvalue weighted by atomic mass is 16.6. The first-order chi connectivity index (χ1) is 10.3. The van der Waals surface area contributed by atoms with Crippen LogP contribution in [-0.4, -0.2) is 31.1 Å². The van der Waals surface area contributed by atoms with Gasteiger partial charge in [0.2, 0.25) is 0 Å². The highest BCUT2D eigenvalue weighted by Gasteiger charge is 2.29. The molecule has 0 fully saturated rings. The topological polar surface area (TPSA) is 95.7 Å². The maximum Gasteiger partial charge on any atom is 0.334 e. The second-order valence-corrected chi connectivity index (χ2v) is 4.32. The lowest BCUT2D eigenvalue weighted by Crippen LogP contribution is -2.19. The summed E-state index contributed by atoms with van der Waals surface area (Å²) in [6.45, 7) is 7.20. The van der Waals surface area contributed by atoms with E-state index >= 15 is 0 Å². The molecule has 0 aliphatic rings. The van der Waals surface area contributed by atoms with Gasteiger partial charge in [-0.15, -0.1) is 0 Å². The molecule has 116 valence electrons. The Bertz CT molecular complexity index is 621. The number of nitro benzene ring substituents is 1. The zero-order chi connectivity index (χ0) is 16.9. The number of benzene rings is 1. The molecule has 0 aliphatic carbocycles. The quantitative estimate of drug-likeness (QED) is 0.346. The molecule has 0 aliphatic heterocycles. The van der Waals surface area contributed by atoms with Gasteiger partial charge in [0.15, 0.2) is 0 Å². The van der Waals surface area contributed by atoms with Crippen LogP contribution in [0.2, 0.25) is 0 Å². The summed E-state index contributed by atoms with van der Waals surface area (Å²) in [4.78, 5) is 33.7. The Kier molecular flexibility index (Phi) is 5.57. The SMILES string of the molecule is C=C(C(=O)OC)C(C(=C)C(=O)OC)c1cccc([N+](=O)[O-])c1. The molecular weight excluding hydrogens is 290 g/mol. The van der Waals surface area contributed by atoms with E-state index in [0.29, 0.717) is 5.56 Å². The van der Waals surface area contributed by atoms with E-state index in [1.54, 1.807) is 0 Å². The molecule has 0 heterocycles. The highest BCUT2D eigenvalue weighted by molar-refractivity contribution is 5.97. The summed E-state index contributed by atoms with van der Waals surface area (Å²) in [6, 6.07) is 5.50. The molecule has 7 heteroatoms. The zero-order valence-electron chi connectivity index (χ0n) is 12.2. The van der Waals surface area contributed by atoms with E-state index in [1.165, 1.54) is 38.5 Å². The molecule has 1 aromatic rings. The molecule has 0 amide bonds. The molecule has 1 aromatic carbocycles.